The molecule has 34 heavy (non-hydrogen) atoms. The molecule has 178 valence electrons. The number of fused-ring (bicyclic) bond motifs is 1. The Balaban J connectivity index is 1.78. The van der Waals surface area contributed by atoms with Crippen LogP contribution in [0.4, 0.5) is 23.1 Å². The molecular weight excluding hydrogens is 460 g/mol. The highest BCUT2D eigenvalue weighted by Gasteiger charge is 2.18. The third kappa shape index (κ3) is 4.64. The summed E-state index contributed by atoms with van der Waals surface area (Å²) in [6, 6.07) is 6.69. The van der Waals surface area contributed by atoms with E-state index in [4.69, 9.17) is 4.74 Å². The Bertz CT molecular complexity index is 1500. The SMILES string of the molecule is CCCS(=O)(=O)Nc1ccc(-n2nc(NC)c3cnc(Nc4ncc[nH]c4=O)cc32)c(OC)c1. The first-order valence-corrected chi connectivity index (χ1v) is 12.1. The summed E-state index contributed by atoms with van der Waals surface area (Å²) < 4.78 is 34.1. The largest absolute Gasteiger partial charge is 0.494 e. The third-order valence-corrected chi connectivity index (χ3v) is 6.40. The molecule has 0 fully saturated rings. The molecule has 13 heteroatoms. The zero-order chi connectivity index (χ0) is 24.3. The van der Waals surface area contributed by atoms with E-state index in [0.29, 0.717) is 40.7 Å². The van der Waals surface area contributed by atoms with Crippen LogP contribution in [0.5, 0.6) is 5.75 Å². The minimum absolute atomic E-state index is 0.0221. The van der Waals surface area contributed by atoms with Crippen LogP contribution in [0.25, 0.3) is 16.6 Å². The lowest BCUT2D eigenvalue weighted by molar-refractivity contribution is 0.412. The molecule has 1 aromatic carbocycles. The van der Waals surface area contributed by atoms with E-state index in [2.05, 4.69) is 35.4 Å². The van der Waals surface area contributed by atoms with Gasteiger partial charge in [-0.1, -0.05) is 6.92 Å². The molecule has 3 heterocycles. The number of aromatic nitrogens is 5. The number of anilines is 4. The molecule has 4 aromatic rings. The first-order valence-electron chi connectivity index (χ1n) is 10.4. The number of ether oxygens (including phenoxy) is 1. The molecular formula is C21H24N8O4S. The summed E-state index contributed by atoms with van der Waals surface area (Å²) in [7, 11) is -0.209. The van der Waals surface area contributed by atoms with Gasteiger partial charge in [-0.25, -0.2) is 23.1 Å². The van der Waals surface area contributed by atoms with Crippen molar-refractivity contribution in [2.45, 2.75) is 13.3 Å². The third-order valence-electron chi connectivity index (χ3n) is 4.91. The second-order valence-corrected chi connectivity index (χ2v) is 9.14. The van der Waals surface area contributed by atoms with Crippen molar-refractivity contribution in [2.24, 2.45) is 0 Å². The van der Waals surface area contributed by atoms with Crippen LogP contribution in [0, 0.1) is 0 Å². The molecule has 0 amide bonds. The smallest absolute Gasteiger partial charge is 0.291 e. The maximum absolute atomic E-state index is 12.2. The number of nitrogens with zero attached hydrogens (tertiary/aromatic N) is 4. The van der Waals surface area contributed by atoms with Gasteiger partial charge in [-0.3, -0.25) is 9.52 Å². The molecule has 4 N–H and O–H groups in total. The lowest BCUT2D eigenvalue weighted by atomic mass is 10.2. The van der Waals surface area contributed by atoms with Gasteiger partial charge in [0.1, 0.15) is 17.3 Å². The maximum atomic E-state index is 12.2. The van der Waals surface area contributed by atoms with Crippen molar-refractivity contribution in [2.75, 3.05) is 35.3 Å². The fourth-order valence-electron chi connectivity index (χ4n) is 3.42. The summed E-state index contributed by atoms with van der Waals surface area (Å²) in [5, 5.41) is 11.3. The highest BCUT2D eigenvalue weighted by atomic mass is 32.2. The fourth-order valence-corrected chi connectivity index (χ4v) is 4.55. The monoisotopic (exact) mass is 484 g/mol. The molecule has 0 saturated carbocycles. The van der Waals surface area contributed by atoms with Gasteiger partial charge >= 0.3 is 0 Å². The Morgan fingerprint density at radius 1 is 1.18 bits per heavy atom. The highest BCUT2D eigenvalue weighted by Crippen LogP contribution is 2.33. The van der Waals surface area contributed by atoms with Crippen LogP contribution < -0.4 is 25.7 Å². The van der Waals surface area contributed by atoms with Crippen LogP contribution in [0.3, 0.4) is 0 Å². The Morgan fingerprint density at radius 3 is 2.71 bits per heavy atom. The first kappa shape index (κ1) is 23.0. The number of hydrogen-bond acceptors (Lipinski definition) is 9. The Labute approximate surface area is 195 Å². The van der Waals surface area contributed by atoms with Gasteiger partial charge in [-0.15, -0.1) is 5.10 Å². The lowest BCUT2D eigenvalue weighted by Crippen LogP contribution is -2.16. The molecule has 0 radical (unpaired) electrons. The van der Waals surface area contributed by atoms with Gasteiger partial charge in [0.05, 0.1) is 29.5 Å². The molecule has 0 bridgehead atoms. The van der Waals surface area contributed by atoms with Crippen molar-refractivity contribution in [3.63, 3.8) is 0 Å². The second kappa shape index (κ2) is 9.39. The van der Waals surface area contributed by atoms with Gasteiger partial charge in [0.2, 0.25) is 10.0 Å². The lowest BCUT2D eigenvalue weighted by Gasteiger charge is -2.13. The zero-order valence-corrected chi connectivity index (χ0v) is 19.6. The molecule has 0 atom stereocenters. The number of nitrogens with one attached hydrogen (secondary N) is 4. The average molecular weight is 485 g/mol. The number of sulfonamides is 1. The van der Waals surface area contributed by atoms with Gasteiger partial charge in [-0.2, -0.15) is 0 Å². The summed E-state index contributed by atoms with van der Waals surface area (Å²) in [6.07, 6.45) is 5.04. The number of aromatic amines is 1. The predicted molar refractivity (Wildman–Crippen MR) is 131 cm³/mol. The van der Waals surface area contributed by atoms with Crippen LogP contribution in [0.2, 0.25) is 0 Å². The van der Waals surface area contributed by atoms with Gasteiger partial charge in [0, 0.05) is 37.8 Å². The molecule has 0 aliphatic carbocycles. The van der Waals surface area contributed by atoms with Crippen LogP contribution in [-0.4, -0.2) is 53.1 Å². The van der Waals surface area contributed by atoms with E-state index in [-0.39, 0.29) is 17.1 Å². The average Bonchev–Trinajstić information content (AvgIpc) is 3.18. The van der Waals surface area contributed by atoms with Crippen LogP contribution in [0.15, 0.2) is 47.7 Å². The molecule has 0 aliphatic rings. The number of benzene rings is 1. The Kier molecular flexibility index (Phi) is 6.36. The summed E-state index contributed by atoms with van der Waals surface area (Å²) in [5.41, 5.74) is 1.27. The molecule has 3 aromatic heterocycles. The first-order chi connectivity index (χ1) is 16.3. The van der Waals surface area contributed by atoms with Gasteiger partial charge in [-0.05, 0) is 18.6 Å². The Hall–Kier alpha value is -4.13. The van der Waals surface area contributed by atoms with E-state index in [0.717, 1.165) is 5.39 Å². The summed E-state index contributed by atoms with van der Waals surface area (Å²) in [4.78, 5) is 22.9. The number of hydrogen-bond donors (Lipinski definition) is 4. The van der Waals surface area contributed by atoms with Crippen molar-refractivity contribution >= 4 is 44.1 Å². The van der Waals surface area contributed by atoms with Crippen molar-refractivity contribution in [1.82, 2.24) is 24.7 Å². The minimum atomic E-state index is -3.45. The molecule has 0 aliphatic heterocycles. The van der Waals surface area contributed by atoms with Gasteiger partial charge in [0.25, 0.3) is 5.56 Å². The quantitative estimate of drug-likeness (QED) is 0.280. The topological polar surface area (TPSA) is 156 Å². The van der Waals surface area contributed by atoms with Gasteiger partial charge in [0.15, 0.2) is 11.6 Å². The summed E-state index contributed by atoms with van der Waals surface area (Å²) >= 11 is 0. The van der Waals surface area contributed by atoms with E-state index >= 15 is 0 Å². The predicted octanol–water partition coefficient (Wildman–Crippen LogP) is 2.45. The van der Waals surface area contributed by atoms with Crippen LogP contribution >= 0.6 is 0 Å². The maximum Gasteiger partial charge on any atom is 0.291 e. The highest BCUT2D eigenvalue weighted by molar-refractivity contribution is 7.92. The molecule has 0 unspecified atom stereocenters. The van der Waals surface area contributed by atoms with Crippen LogP contribution in [-0.2, 0) is 10.0 Å². The minimum Gasteiger partial charge on any atom is -0.494 e. The molecule has 0 spiro atoms. The van der Waals surface area contributed by atoms with E-state index in [1.807, 2.05) is 0 Å². The van der Waals surface area contributed by atoms with E-state index in [1.54, 1.807) is 49.1 Å². The van der Waals surface area contributed by atoms with E-state index < -0.39 is 10.0 Å². The van der Waals surface area contributed by atoms with Crippen molar-refractivity contribution in [3.8, 4) is 11.4 Å². The number of rotatable bonds is 9. The summed E-state index contributed by atoms with van der Waals surface area (Å²) in [5.74, 6) is 1.52. The molecule has 0 saturated heterocycles. The van der Waals surface area contributed by atoms with Crippen LogP contribution in [0.1, 0.15) is 13.3 Å². The van der Waals surface area contributed by atoms with Gasteiger partial charge < -0.3 is 20.4 Å². The molecule has 12 nitrogen and oxygen atoms in total. The summed E-state index contributed by atoms with van der Waals surface area (Å²) in [6.45, 7) is 1.80. The number of pyridine rings is 1. The Morgan fingerprint density at radius 2 is 2.00 bits per heavy atom. The standard InChI is InChI=1S/C21H24N8O4S/c1-4-9-34(31,32)28-13-5-6-15(17(10-13)33-3)29-16-11-18(25-12-14(16)19(22-2)27-29)26-20-21(30)24-8-7-23-20/h5-8,10-12,28H,4,9H2,1-3H3,(H,22,27)(H,24,30)(H,23,25,26). The van der Waals surface area contributed by atoms with E-state index in [1.165, 1.54) is 19.5 Å². The number of methoxy groups -OCH3 is 1. The van der Waals surface area contributed by atoms with Crippen molar-refractivity contribution in [3.05, 3.63) is 53.2 Å². The van der Waals surface area contributed by atoms with Crippen molar-refractivity contribution < 1.29 is 13.2 Å². The van der Waals surface area contributed by atoms with Crippen molar-refractivity contribution in [1.29, 1.82) is 0 Å². The number of H-pyrrole nitrogens is 1. The fraction of sp³-hybridized carbons (Fsp3) is 0.238. The second-order valence-electron chi connectivity index (χ2n) is 7.30. The van der Waals surface area contributed by atoms with E-state index in [9.17, 15) is 13.2 Å². The zero-order valence-electron chi connectivity index (χ0n) is 18.8. The molecule has 4 rings (SSSR count). The normalized spacial score (nSPS) is 11.4.